The van der Waals surface area contributed by atoms with E-state index < -0.39 is 16.0 Å². The van der Waals surface area contributed by atoms with Crippen molar-refractivity contribution in [3.8, 4) is 0 Å². The average molecular weight is 348 g/mol. The van der Waals surface area contributed by atoms with Crippen LogP contribution in [0.1, 0.15) is 12.5 Å². The number of esters is 1. The summed E-state index contributed by atoms with van der Waals surface area (Å²) in [6, 6.07) is 6.48. The molecule has 1 aromatic heterocycles. The van der Waals surface area contributed by atoms with Crippen molar-refractivity contribution >= 4 is 33.8 Å². The molecule has 126 valence electrons. The molecule has 0 fully saturated rings. The van der Waals surface area contributed by atoms with Crippen molar-refractivity contribution in [1.29, 1.82) is 0 Å². The Morgan fingerprint density at radius 3 is 2.79 bits per heavy atom. The second kappa shape index (κ2) is 6.08. The largest absolute Gasteiger partial charge is 0.466 e. The number of anilines is 1. The number of carbonyl (C=O) groups is 1. The van der Waals surface area contributed by atoms with E-state index in [4.69, 9.17) is 4.74 Å². The lowest BCUT2D eigenvalue weighted by Crippen LogP contribution is -2.34. The molecular formula is C15H16N4O4S. The van der Waals surface area contributed by atoms with Gasteiger partial charge in [-0.05, 0) is 19.1 Å². The monoisotopic (exact) mass is 348 g/mol. The maximum Gasteiger partial charge on any atom is 0.310 e. The van der Waals surface area contributed by atoms with Crippen LogP contribution in [0.2, 0.25) is 0 Å². The second-order valence-corrected chi connectivity index (χ2v) is 6.90. The number of sulfonamides is 1. The molecule has 0 saturated carbocycles. The van der Waals surface area contributed by atoms with Crippen molar-refractivity contribution in [2.75, 3.05) is 10.9 Å². The van der Waals surface area contributed by atoms with E-state index in [0.717, 1.165) is 4.31 Å². The van der Waals surface area contributed by atoms with Crippen LogP contribution in [0, 0.1) is 0 Å². The third-order valence-corrected chi connectivity index (χ3v) is 5.22. The van der Waals surface area contributed by atoms with Crippen LogP contribution in [0.15, 0.2) is 40.4 Å². The summed E-state index contributed by atoms with van der Waals surface area (Å²) in [6.07, 6.45) is 2.61. The highest BCUT2D eigenvalue weighted by Crippen LogP contribution is 2.34. The molecule has 0 unspecified atom stereocenters. The summed E-state index contributed by atoms with van der Waals surface area (Å²) in [5.74, 6) is -0.181. The van der Waals surface area contributed by atoms with Gasteiger partial charge in [-0.3, -0.25) is 9.48 Å². The Kier molecular flexibility index (Phi) is 4.10. The molecule has 2 heterocycles. The third-order valence-electron chi connectivity index (χ3n) is 3.53. The number of nitrogens with zero attached hydrogens (tertiary/aromatic N) is 4. The van der Waals surface area contributed by atoms with Gasteiger partial charge >= 0.3 is 5.97 Å². The summed E-state index contributed by atoms with van der Waals surface area (Å²) < 4.78 is 33.2. The van der Waals surface area contributed by atoms with Crippen molar-refractivity contribution < 1.29 is 17.9 Å². The van der Waals surface area contributed by atoms with E-state index in [-0.39, 0.29) is 23.7 Å². The lowest BCUT2D eigenvalue weighted by molar-refractivity contribution is -0.142. The van der Waals surface area contributed by atoms with Gasteiger partial charge in [0.1, 0.15) is 17.1 Å². The van der Waals surface area contributed by atoms with Crippen LogP contribution in [-0.4, -0.2) is 37.1 Å². The first-order valence-corrected chi connectivity index (χ1v) is 8.73. The fourth-order valence-electron chi connectivity index (χ4n) is 2.49. The molecule has 0 aliphatic carbocycles. The number of fused-ring (bicyclic) bond motifs is 1. The quantitative estimate of drug-likeness (QED) is 0.779. The van der Waals surface area contributed by atoms with Crippen LogP contribution in [0.4, 0.5) is 11.5 Å². The van der Waals surface area contributed by atoms with Gasteiger partial charge in [0.2, 0.25) is 0 Å². The van der Waals surface area contributed by atoms with Gasteiger partial charge in [-0.15, -0.1) is 0 Å². The first-order chi connectivity index (χ1) is 11.4. The van der Waals surface area contributed by atoms with E-state index in [1.807, 2.05) is 0 Å². The standard InChI is InChI=1S/C15H16N4O4S/c1-3-23-14(20)8-11-9-17-18(2)15(11)19-10-16-12-6-4-5-7-13(12)24(19,21)22/h4-7,9-10H,3,8H2,1-2H3. The average Bonchev–Trinajstić information content (AvgIpc) is 2.88. The van der Waals surface area contributed by atoms with Crippen molar-refractivity contribution in [1.82, 2.24) is 9.78 Å². The van der Waals surface area contributed by atoms with Gasteiger partial charge in [0.05, 0.1) is 24.9 Å². The van der Waals surface area contributed by atoms with E-state index in [0.29, 0.717) is 11.3 Å². The summed E-state index contributed by atoms with van der Waals surface area (Å²) >= 11 is 0. The Morgan fingerprint density at radius 2 is 2.04 bits per heavy atom. The van der Waals surface area contributed by atoms with Gasteiger partial charge in [0.25, 0.3) is 10.0 Å². The second-order valence-electron chi connectivity index (χ2n) is 5.11. The molecule has 0 N–H and O–H groups in total. The molecule has 0 spiro atoms. The number of benzene rings is 1. The molecule has 2 aromatic rings. The fraction of sp³-hybridized carbons (Fsp3) is 0.267. The highest BCUT2D eigenvalue weighted by atomic mass is 32.2. The number of aliphatic imine (C=N–C) groups is 1. The molecular weight excluding hydrogens is 332 g/mol. The maximum atomic E-state index is 12.9. The normalized spacial score (nSPS) is 15.2. The number of hydrogen-bond acceptors (Lipinski definition) is 6. The molecule has 1 aromatic carbocycles. The minimum Gasteiger partial charge on any atom is -0.466 e. The Hall–Kier alpha value is -2.68. The summed E-state index contributed by atoms with van der Waals surface area (Å²) in [7, 11) is -2.22. The smallest absolute Gasteiger partial charge is 0.310 e. The highest BCUT2D eigenvalue weighted by molar-refractivity contribution is 7.93. The minimum absolute atomic E-state index is 0.0709. The highest BCUT2D eigenvalue weighted by Gasteiger charge is 2.33. The molecule has 8 nitrogen and oxygen atoms in total. The van der Waals surface area contributed by atoms with E-state index in [1.165, 1.54) is 23.3 Å². The zero-order valence-electron chi connectivity index (χ0n) is 13.2. The van der Waals surface area contributed by atoms with Crippen molar-refractivity contribution in [2.24, 2.45) is 12.0 Å². The van der Waals surface area contributed by atoms with Crippen LogP contribution < -0.4 is 4.31 Å². The molecule has 0 radical (unpaired) electrons. The van der Waals surface area contributed by atoms with Crippen LogP contribution in [0.25, 0.3) is 0 Å². The predicted octanol–water partition coefficient (Wildman–Crippen LogP) is 1.39. The van der Waals surface area contributed by atoms with Crippen molar-refractivity contribution in [3.63, 3.8) is 0 Å². The van der Waals surface area contributed by atoms with E-state index >= 15 is 0 Å². The van der Waals surface area contributed by atoms with Gasteiger partial charge in [0, 0.05) is 12.6 Å². The lowest BCUT2D eigenvalue weighted by atomic mass is 10.2. The number of ether oxygens (including phenoxy) is 1. The lowest BCUT2D eigenvalue weighted by Gasteiger charge is -2.24. The SMILES string of the molecule is CCOC(=O)Cc1cnn(C)c1N1C=Nc2ccccc2S1(=O)=O. The molecule has 1 aliphatic rings. The molecule has 0 bridgehead atoms. The predicted molar refractivity (Wildman–Crippen MR) is 87.8 cm³/mol. The zero-order chi connectivity index (χ0) is 17.3. The first-order valence-electron chi connectivity index (χ1n) is 7.29. The summed E-state index contributed by atoms with van der Waals surface area (Å²) in [6.45, 7) is 1.96. The fourth-order valence-corrected chi connectivity index (χ4v) is 3.97. The number of carbonyl (C=O) groups excluding carboxylic acids is 1. The Balaban J connectivity index is 2.05. The molecule has 0 saturated heterocycles. The number of hydrogen-bond donors (Lipinski definition) is 0. The molecule has 0 amide bonds. The van der Waals surface area contributed by atoms with Gasteiger partial charge in [-0.1, -0.05) is 12.1 Å². The number of rotatable bonds is 4. The Bertz CT molecular complexity index is 917. The molecule has 24 heavy (non-hydrogen) atoms. The molecule has 9 heteroatoms. The maximum absolute atomic E-state index is 12.9. The molecule has 0 atom stereocenters. The Labute approximate surface area is 139 Å². The zero-order valence-corrected chi connectivity index (χ0v) is 14.0. The van der Waals surface area contributed by atoms with Gasteiger partial charge in [-0.25, -0.2) is 17.7 Å². The number of para-hydroxylation sites is 1. The molecule has 3 rings (SSSR count). The summed E-state index contributed by atoms with van der Waals surface area (Å²) in [5.41, 5.74) is 0.827. The van der Waals surface area contributed by atoms with E-state index in [9.17, 15) is 13.2 Å². The first kappa shape index (κ1) is 16.2. The van der Waals surface area contributed by atoms with Crippen LogP contribution in [0.3, 0.4) is 0 Å². The Morgan fingerprint density at radius 1 is 1.29 bits per heavy atom. The number of aromatic nitrogens is 2. The minimum atomic E-state index is -3.83. The third kappa shape index (κ3) is 2.67. The summed E-state index contributed by atoms with van der Waals surface area (Å²) in [5, 5.41) is 4.07. The van der Waals surface area contributed by atoms with Crippen molar-refractivity contribution in [2.45, 2.75) is 18.2 Å². The topological polar surface area (TPSA) is 93.9 Å². The number of aryl methyl sites for hydroxylation is 1. The van der Waals surface area contributed by atoms with Crippen molar-refractivity contribution in [3.05, 3.63) is 36.0 Å². The van der Waals surface area contributed by atoms with Crippen LogP contribution in [0.5, 0.6) is 0 Å². The van der Waals surface area contributed by atoms with E-state index in [2.05, 4.69) is 10.1 Å². The summed E-state index contributed by atoms with van der Waals surface area (Å²) in [4.78, 5) is 16.1. The van der Waals surface area contributed by atoms with Crippen LogP contribution >= 0.6 is 0 Å². The van der Waals surface area contributed by atoms with Crippen LogP contribution in [-0.2, 0) is 33.0 Å². The van der Waals surface area contributed by atoms with Gasteiger partial charge < -0.3 is 4.74 Å². The molecule has 1 aliphatic heterocycles. The van der Waals surface area contributed by atoms with Gasteiger partial charge in [0.15, 0.2) is 0 Å². The van der Waals surface area contributed by atoms with E-state index in [1.54, 1.807) is 32.2 Å². The van der Waals surface area contributed by atoms with Gasteiger partial charge in [-0.2, -0.15) is 5.10 Å².